The summed E-state index contributed by atoms with van der Waals surface area (Å²) in [4.78, 5) is 2.50. The molecule has 2 nitrogen and oxygen atoms in total. The van der Waals surface area contributed by atoms with E-state index in [0.29, 0.717) is 0 Å². The number of hydrogen-bond donors (Lipinski definition) is 0. The molecule has 0 N–H and O–H groups in total. The van der Waals surface area contributed by atoms with E-state index in [4.69, 9.17) is 0 Å². The van der Waals surface area contributed by atoms with Gasteiger partial charge in [0.05, 0.1) is 27.6 Å². The molecule has 12 aromatic rings. The van der Waals surface area contributed by atoms with Crippen LogP contribution in [0.2, 0.25) is 0 Å². The second kappa shape index (κ2) is 14.8. The summed E-state index contributed by atoms with van der Waals surface area (Å²) in [6.45, 7) is 0. The van der Waals surface area contributed by atoms with Gasteiger partial charge in [-0.15, -0.1) is 0 Å². The van der Waals surface area contributed by atoms with Crippen LogP contribution in [0.3, 0.4) is 0 Å². The second-order valence-corrected chi connectivity index (χ2v) is 19.1. The molecular weight excluding hydrogens is 845 g/mol. The van der Waals surface area contributed by atoms with E-state index in [9.17, 15) is 0 Å². The van der Waals surface area contributed by atoms with Crippen molar-refractivity contribution in [2.75, 3.05) is 4.90 Å². The molecule has 0 saturated heterocycles. The molecule has 0 saturated carbocycles. The molecular formula is C68H44N2. The lowest BCUT2D eigenvalue weighted by Gasteiger charge is -2.40. The molecule has 3 aliphatic rings. The predicted molar refractivity (Wildman–Crippen MR) is 289 cm³/mol. The summed E-state index contributed by atoms with van der Waals surface area (Å²) in [5.41, 5.74) is 23.7. The molecule has 2 aliphatic carbocycles. The number of aromatic nitrogens is 1. The minimum atomic E-state index is -0.583. The molecule has 0 amide bonds. The Hall–Kier alpha value is -8.98. The van der Waals surface area contributed by atoms with Gasteiger partial charge in [-0.2, -0.15) is 0 Å². The first kappa shape index (κ1) is 39.1. The number of benzene rings is 11. The normalized spacial score (nSPS) is 15.3. The van der Waals surface area contributed by atoms with E-state index in [1.165, 1.54) is 105 Å². The van der Waals surface area contributed by atoms with E-state index >= 15 is 0 Å². The van der Waals surface area contributed by atoms with Gasteiger partial charge in [0.1, 0.15) is 0 Å². The van der Waals surface area contributed by atoms with Crippen molar-refractivity contribution in [3.63, 3.8) is 0 Å². The summed E-state index contributed by atoms with van der Waals surface area (Å²) in [7, 11) is 0. The number of rotatable bonds is 6. The fourth-order valence-corrected chi connectivity index (χ4v) is 13.1. The second-order valence-electron chi connectivity index (χ2n) is 19.1. The van der Waals surface area contributed by atoms with Gasteiger partial charge in [-0.05, 0) is 126 Å². The molecule has 0 radical (unpaired) electrons. The zero-order valence-electron chi connectivity index (χ0n) is 38.3. The smallest absolute Gasteiger partial charge is 0.0755 e. The number of para-hydroxylation sites is 3. The number of nitrogens with zero attached hydrogens (tertiary/aromatic N) is 2. The zero-order valence-corrected chi connectivity index (χ0v) is 38.3. The zero-order chi connectivity index (χ0) is 46.0. The Morgan fingerprint density at radius 2 is 0.743 bits per heavy atom. The number of fused-ring (bicyclic) bond motifs is 15. The number of hydrogen-bond acceptors (Lipinski definition) is 1. The Kier molecular flexibility index (Phi) is 8.24. The van der Waals surface area contributed by atoms with Crippen molar-refractivity contribution in [1.29, 1.82) is 0 Å². The van der Waals surface area contributed by atoms with Crippen LogP contribution in [0.15, 0.2) is 267 Å². The van der Waals surface area contributed by atoms with Crippen LogP contribution in [0, 0.1) is 0 Å². The van der Waals surface area contributed by atoms with Gasteiger partial charge >= 0.3 is 0 Å². The molecule has 1 atom stereocenters. The summed E-state index contributed by atoms with van der Waals surface area (Å²) in [5.74, 6) is 0. The molecule has 1 spiro atoms. The summed E-state index contributed by atoms with van der Waals surface area (Å²) in [6, 6.07) is 99.9. The first-order chi connectivity index (χ1) is 34.7. The quantitative estimate of drug-likeness (QED) is 0.161. The van der Waals surface area contributed by atoms with Gasteiger partial charge in [0.25, 0.3) is 0 Å². The van der Waals surface area contributed by atoms with E-state index in [0.717, 1.165) is 17.1 Å². The molecule has 1 unspecified atom stereocenters. The average Bonchev–Trinajstić information content (AvgIpc) is 4.04. The maximum atomic E-state index is 2.53. The number of anilines is 3. The molecule has 326 valence electrons. The minimum Gasteiger partial charge on any atom is -0.310 e. The van der Waals surface area contributed by atoms with Gasteiger partial charge in [-0.25, -0.2) is 0 Å². The maximum absolute atomic E-state index is 2.53. The highest BCUT2D eigenvalue weighted by molar-refractivity contribution is 6.13. The lowest BCUT2D eigenvalue weighted by Crippen LogP contribution is -2.33. The van der Waals surface area contributed by atoms with Gasteiger partial charge in [-0.1, -0.05) is 218 Å². The monoisotopic (exact) mass is 888 g/mol. The minimum absolute atomic E-state index is 0.542. The highest BCUT2D eigenvalue weighted by Crippen LogP contribution is 2.62. The van der Waals surface area contributed by atoms with E-state index in [2.05, 4.69) is 276 Å². The third kappa shape index (κ3) is 5.12. The summed E-state index contributed by atoms with van der Waals surface area (Å²) < 4.78 is 2.53. The topological polar surface area (TPSA) is 8.17 Å². The van der Waals surface area contributed by atoms with Gasteiger partial charge in [0.2, 0.25) is 0 Å². The lowest BCUT2D eigenvalue weighted by atomic mass is 9.65. The predicted octanol–water partition coefficient (Wildman–Crippen LogP) is 17.0. The van der Waals surface area contributed by atoms with E-state index < -0.39 is 10.8 Å². The summed E-state index contributed by atoms with van der Waals surface area (Å²) in [5, 5.41) is 2.56. The Bertz CT molecular complexity index is 4010. The van der Waals surface area contributed by atoms with E-state index in [1.807, 2.05) is 0 Å². The highest BCUT2D eigenvalue weighted by atomic mass is 15.1. The Morgan fingerprint density at radius 3 is 1.40 bits per heavy atom. The van der Waals surface area contributed by atoms with Gasteiger partial charge in [0, 0.05) is 27.8 Å². The highest BCUT2D eigenvalue weighted by Gasteiger charge is 2.51. The molecule has 2 heterocycles. The average molecular weight is 889 g/mol. The van der Waals surface area contributed by atoms with Crippen molar-refractivity contribution in [3.8, 4) is 39.1 Å². The van der Waals surface area contributed by atoms with Crippen LogP contribution in [-0.4, -0.2) is 4.57 Å². The van der Waals surface area contributed by atoms with Crippen molar-refractivity contribution in [3.05, 3.63) is 311 Å². The standard InChI is InChI=1S/C68H44N2/c1-4-19-45(20-5-1)46-35-37-49(38-36-46)69(50-39-41-54-52-25-10-13-29-58(52)67(62(54)43-50,47-21-6-2-7-22-47)48-23-8-3-9-24-48)51-40-42-55-53-26-11-14-30-59(53)68(63(55)44-51)60-31-15-17-34-65(60)70-64-33-16-12-27-56(64)57-28-18-32-61(68)66(57)70/h1-44H. The first-order valence-corrected chi connectivity index (χ1v) is 24.4. The van der Waals surface area contributed by atoms with Crippen LogP contribution >= 0.6 is 0 Å². The Morgan fingerprint density at radius 1 is 0.286 bits per heavy atom. The van der Waals surface area contributed by atoms with Crippen LogP contribution in [0.4, 0.5) is 17.1 Å². The van der Waals surface area contributed by atoms with Crippen LogP contribution in [0.1, 0.15) is 44.5 Å². The van der Waals surface area contributed by atoms with Crippen molar-refractivity contribution in [2.24, 2.45) is 0 Å². The largest absolute Gasteiger partial charge is 0.310 e. The van der Waals surface area contributed by atoms with Crippen molar-refractivity contribution >= 4 is 38.9 Å². The SMILES string of the molecule is c1ccc(-c2ccc(N(c3ccc4c(c3)C(c3ccccc3)(c3ccccc3)c3ccccc3-4)c3ccc4c(c3)C3(c5ccccc5-4)c4ccccc4-n4c5ccccc5c5cccc3c54)cc2)cc1. The lowest BCUT2D eigenvalue weighted by molar-refractivity contribution is 0.748. The maximum Gasteiger partial charge on any atom is 0.0755 e. The molecule has 15 rings (SSSR count). The molecule has 11 aromatic carbocycles. The van der Waals surface area contributed by atoms with Crippen molar-refractivity contribution in [1.82, 2.24) is 4.57 Å². The molecule has 70 heavy (non-hydrogen) atoms. The summed E-state index contributed by atoms with van der Waals surface area (Å²) >= 11 is 0. The van der Waals surface area contributed by atoms with Crippen LogP contribution in [-0.2, 0) is 10.8 Å². The first-order valence-electron chi connectivity index (χ1n) is 24.4. The van der Waals surface area contributed by atoms with Crippen LogP contribution in [0.25, 0.3) is 60.9 Å². The van der Waals surface area contributed by atoms with Crippen molar-refractivity contribution < 1.29 is 0 Å². The third-order valence-corrected chi connectivity index (χ3v) is 15.9. The summed E-state index contributed by atoms with van der Waals surface area (Å²) in [6.07, 6.45) is 0. The molecule has 0 fully saturated rings. The van der Waals surface area contributed by atoms with E-state index in [-0.39, 0.29) is 0 Å². The fraction of sp³-hybridized carbons (Fsp3) is 0.0294. The fourth-order valence-electron chi connectivity index (χ4n) is 13.1. The molecule has 1 aromatic heterocycles. The Balaban J connectivity index is 1.01. The van der Waals surface area contributed by atoms with Gasteiger partial charge < -0.3 is 9.47 Å². The third-order valence-electron chi connectivity index (χ3n) is 15.9. The van der Waals surface area contributed by atoms with E-state index in [1.54, 1.807) is 0 Å². The Labute approximate surface area is 407 Å². The van der Waals surface area contributed by atoms with Crippen LogP contribution < -0.4 is 4.90 Å². The van der Waals surface area contributed by atoms with Crippen LogP contribution in [0.5, 0.6) is 0 Å². The molecule has 0 bridgehead atoms. The van der Waals surface area contributed by atoms with Gasteiger partial charge in [0.15, 0.2) is 0 Å². The van der Waals surface area contributed by atoms with Gasteiger partial charge in [-0.3, -0.25) is 0 Å². The van der Waals surface area contributed by atoms with Crippen molar-refractivity contribution in [2.45, 2.75) is 10.8 Å². The molecule has 2 heteroatoms. The molecule has 1 aliphatic heterocycles.